The fourth-order valence-electron chi connectivity index (χ4n) is 2.54. The number of hydrogen-bond acceptors (Lipinski definition) is 4. The lowest BCUT2D eigenvalue weighted by Gasteiger charge is -2.35. The number of morpholine rings is 1. The molecule has 2 heterocycles. The number of rotatable bonds is 4. The van der Waals surface area contributed by atoms with Gasteiger partial charge >= 0.3 is 0 Å². The first-order valence-corrected chi connectivity index (χ1v) is 6.64. The molecule has 18 heavy (non-hydrogen) atoms. The average molecular weight is 249 g/mol. The smallest absolute Gasteiger partial charge is 0.0678 e. The zero-order chi connectivity index (χ0) is 13.0. The first-order chi connectivity index (χ1) is 8.67. The number of aromatic nitrogens is 1. The van der Waals surface area contributed by atoms with Gasteiger partial charge in [-0.15, -0.1) is 0 Å². The van der Waals surface area contributed by atoms with Gasteiger partial charge in [-0.25, -0.2) is 0 Å². The lowest BCUT2D eigenvalue weighted by Crippen LogP contribution is -2.44. The lowest BCUT2D eigenvalue weighted by molar-refractivity contribution is -0.0707. The molecule has 100 valence electrons. The van der Waals surface area contributed by atoms with E-state index in [1.807, 2.05) is 7.05 Å². The maximum Gasteiger partial charge on any atom is 0.0678 e. The maximum atomic E-state index is 5.74. The Balaban J connectivity index is 1.97. The molecule has 0 aromatic carbocycles. The third-order valence-electron chi connectivity index (χ3n) is 3.10. The molecule has 4 heteroatoms. The molecule has 2 rings (SSSR count). The van der Waals surface area contributed by atoms with Crippen molar-refractivity contribution in [1.82, 2.24) is 15.2 Å². The summed E-state index contributed by atoms with van der Waals surface area (Å²) in [5.74, 6) is 0. The summed E-state index contributed by atoms with van der Waals surface area (Å²) < 4.78 is 5.74. The predicted molar refractivity (Wildman–Crippen MR) is 72.3 cm³/mol. The topological polar surface area (TPSA) is 37.4 Å². The quantitative estimate of drug-likeness (QED) is 0.875. The fraction of sp³-hybridized carbons (Fsp3) is 0.643. The van der Waals surface area contributed by atoms with Crippen molar-refractivity contribution in [3.05, 3.63) is 29.6 Å². The minimum absolute atomic E-state index is 0.314. The van der Waals surface area contributed by atoms with Crippen molar-refractivity contribution in [2.45, 2.75) is 39.1 Å². The van der Waals surface area contributed by atoms with Crippen LogP contribution in [0.2, 0.25) is 0 Å². The normalized spacial score (nSPS) is 25.3. The van der Waals surface area contributed by atoms with Gasteiger partial charge < -0.3 is 10.1 Å². The van der Waals surface area contributed by atoms with Crippen LogP contribution in [0.1, 0.15) is 25.2 Å². The molecule has 0 bridgehead atoms. The molecule has 1 aliphatic heterocycles. The Morgan fingerprint density at radius 3 is 2.61 bits per heavy atom. The molecular weight excluding hydrogens is 226 g/mol. The van der Waals surface area contributed by atoms with Gasteiger partial charge in [-0.3, -0.25) is 9.88 Å². The van der Waals surface area contributed by atoms with Crippen LogP contribution in [0.5, 0.6) is 0 Å². The zero-order valence-electron chi connectivity index (χ0n) is 11.5. The summed E-state index contributed by atoms with van der Waals surface area (Å²) in [7, 11) is 1.94. The maximum absolute atomic E-state index is 5.74. The lowest BCUT2D eigenvalue weighted by atomic mass is 10.2. The molecule has 1 aliphatic rings. The molecule has 2 atom stereocenters. The van der Waals surface area contributed by atoms with Crippen LogP contribution < -0.4 is 5.32 Å². The van der Waals surface area contributed by atoms with Gasteiger partial charge in [0.2, 0.25) is 0 Å². The van der Waals surface area contributed by atoms with Crippen molar-refractivity contribution in [3.8, 4) is 0 Å². The van der Waals surface area contributed by atoms with Crippen molar-refractivity contribution in [2.75, 3.05) is 20.1 Å². The van der Waals surface area contributed by atoms with Crippen molar-refractivity contribution in [1.29, 1.82) is 0 Å². The van der Waals surface area contributed by atoms with Gasteiger partial charge in [-0.2, -0.15) is 0 Å². The fourth-order valence-corrected chi connectivity index (χ4v) is 2.54. The molecule has 1 N–H and O–H groups in total. The highest BCUT2D eigenvalue weighted by atomic mass is 16.5. The summed E-state index contributed by atoms with van der Waals surface area (Å²) in [5, 5.41) is 3.13. The average Bonchev–Trinajstić information content (AvgIpc) is 2.28. The van der Waals surface area contributed by atoms with E-state index in [9.17, 15) is 0 Å². The summed E-state index contributed by atoms with van der Waals surface area (Å²) in [6, 6.07) is 6.25. The second-order valence-electron chi connectivity index (χ2n) is 5.10. The Labute approximate surface area is 109 Å². The van der Waals surface area contributed by atoms with Crippen molar-refractivity contribution < 1.29 is 4.74 Å². The van der Waals surface area contributed by atoms with Gasteiger partial charge in [-0.05, 0) is 33.0 Å². The van der Waals surface area contributed by atoms with E-state index in [-0.39, 0.29) is 0 Å². The van der Waals surface area contributed by atoms with Crippen LogP contribution in [-0.4, -0.2) is 42.2 Å². The molecule has 4 nitrogen and oxygen atoms in total. The van der Waals surface area contributed by atoms with Crippen LogP contribution in [0.15, 0.2) is 18.2 Å². The van der Waals surface area contributed by atoms with E-state index >= 15 is 0 Å². The Morgan fingerprint density at radius 1 is 1.28 bits per heavy atom. The summed E-state index contributed by atoms with van der Waals surface area (Å²) in [6.07, 6.45) is 0.628. The molecule has 1 aromatic heterocycles. The van der Waals surface area contributed by atoms with Gasteiger partial charge in [0, 0.05) is 26.2 Å². The van der Waals surface area contributed by atoms with E-state index in [1.54, 1.807) is 0 Å². The molecule has 1 fully saturated rings. The van der Waals surface area contributed by atoms with E-state index in [2.05, 4.69) is 47.2 Å². The van der Waals surface area contributed by atoms with Gasteiger partial charge in [0.25, 0.3) is 0 Å². The zero-order valence-corrected chi connectivity index (χ0v) is 11.5. The standard InChI is InChI=1S/C14H23N3O/c1-11-8-17(9-12(2)18-11)10-14-6-4-5-13(16-14)7-15-3/h4-6,11-12,15H,7-10H2,1-3H3/t11-,12+. The third-order valence-corrected chi connectivity index (χ3v) is 3.10. The van der Waals surface area contributed by atoms with Crippen molar-refractivity contribution in [3.63, 3.8) is 0 Å². The molecular formula is C14H23N3O. The van der Waals surface area contributed by atoms with Crippen molar-refractivity contribution in [2.24, 2.45) is 0 Å². The van der Waals surface area contributed by atoms with Crippen LogP contribution >= 0.6 is 0 Å². The molecule has 0 unspecified atom stereocenters. The number of nitrogens with zero attached hydrogens (tertiary/aromatic N) is 2. The molecule has 0 aliphatic carbocycles. The number of hydrogen-bond donors (Lipinski definition) is 1. The highest BCUT2D eigenvalue weighted by Gasteiger charge is 2.22. The molecule has 0 radical (unpaired) electrons. The Hall–Kier alpha value is -0.970. The van der Waals surface area contributed by atoms with Gasteiger partial charge in [0.15, 0.2) is 0 Å². The Morgan fingerprint density at radius 2 is 1.94 bits per heavy atom. The minimum Gasteiger partial charge on any atom is -0.373 e. The first-order valence-electron chi connectivity index (χ1n) is 6.64. The molecule has 0 spiro atoms. The molecule has 0 saturated carbocycles. The Bertz CT molecular complexity index is 373. The molecule has 1 aromatic rings. The van der Waals surface area contributed by atoms with Gasteiger partial charge in [-0.1, -0.05) is 6.07 Å². The van der Waals surface area contributed by atoms with E-state index < -0.39 is 0 Å². The largest absolute Gasteiger partial charge is 0.373 e. The number of ether oxygens (including phenoxy) is 1. The van der Waals surface area contributed by atoms with Crippen LogP contribution in [-0.2, 0) is 17.8 Å². The summed E-state index contributed by atoms with van der Waals surface area (Å²) in [4.78, 5) is 7.08. The first kappa shape index (κ1) is 13.5. The second-order valence-corrected chi connectivity index (χ2v) is 5.10. The monoisotopic (exact) mass is 249 g/mol. The highest BCUT2D eigenvalue weighted by Crippen LogP contribution is 2.13. The van der Waals surface area contributed by atoms with E-state index in [0.29, 0.717) is 12.2 Å². The SMILES string of the molecule is CNCc1cccc(CN2C[C@@H](C)O[C@@H](C)C2)n1. The summed E-state index contributed by atoms with van der Waals surface area (Å²) in [6.45, 7) is 7.98. The summed E-state index contributed by atoms with van der Waals surface area (Å²) in [5.41, 5.74) is 2.24. The number of pyridine rings is 1. The highest BCUT2D eigenvalue weighted by molar-refractivity contribution is 5.11. The van der Waals surface area contributed by atoms with Crippen LogP contribution in [0.3, 0.4) is 0 Å². The third kappa shape index (κ3) is 3.77. The van der Waals surface area contributed by atoms with E-state index in [4.69, 9.17) is 4.74 Å². The molecule has 1 saturated heterocycles. The van der Waals surface area contributed by atoms with Crippen LogP contribution in [0, 0.1) is 0 Å². The molecule has 0 amide bonds. The van der Waals surface area contributed by atoms with Gasteiger partial charge in [0.1, 0.15) is 0 Å². The van der Waals surface area contributed by atoms with Crippen LogP contribution in [0.25, 0.3) is 0 Å². The van der Waals surface area contributed by atoms with E-state index in [0.717, 1.165) is 37.6 Å². The number of nitrogens with one attached hydrogen (secondary N) is 1. The Kier molecular flexibility index (Phi) is 4.69. The van der Waals surface area contributed by atoms with Gasteiger partial charge in [0.05, 0.1) is 23.6 Å². The van der Waals surface area contributed by atoms with E-state index in [1.165, 1.54) is 0 Å². The predicted octanol–water partition coefficient (Wildman–Crippen LogP) is 1.41. The minimum atomic E-state index is 0.314. The summed E-state index contributed by atoms with van der Waals surface area (Å²) >= 11 is 0. The second kappa shape index (κ2) is 6.27. The van der Waals surface area contributed by atoms with Crippen LogP contribution in [0.4, 0.5) is 0 Å². The van der Waals surface area contributed by atoms with Crippen molar-refractivity contribution >= 4 is 0 Å².